The third kappa shape index (κ3) is 5.81. The molecule has 0 fully saturated rings. The van der Waals surface area contributed by atoms with E-state index in [1.54, 1.807) is 0 Å². The quantitative estimate of drug-likeness (QED) is 0.176. The van der Waals surface area contributed by atoms with Gasteiger partial charge in [-0.2, -0.15) is 5.26 Å². The molecular weight excluding hydrogens is 685 g/mol. The number of nitriles is 1. The van der Waals surface area contributed by atoms with E-state index >= 15 is 0 Å². The van der Waals surface area contributed by atoms with Gasteiger partial charge < -0.3 is 0 Å². The highest BCUT2D eigenvalue weighted by molar-refractivity contribution is 6.18. The number of nitrogens with zero attached hydrogens (tertiary/aromatic N) is 6. The SMILES string of the molecule is N#Cc1ccccc1-c1cc(-c2nc(-c3ccccc3)nc(-c3ccccc3)n2)c2cc1c1ccccc1c1cc(nc(-c3ccccc3)n1)c1ccccc21. The summed E-state index contributed by atoms with van der Waals surface area (Å²) in [5.41, 5.74) is 7.37. The van der Waals surface area contributed by atoms with Crippen molar-refractivity contribution in [3.05, 3.63) is 188 Å². The first-order valence-corrected chi connectivity index (χ1v) is 18.4. The molecule has 4 bridgehead atoms. The smallest absolute Gasteiger partial charge is 0.164 e. The fourth-order valence-electron chi connectivity index (χ4n) is 7.52. The van der Waals surface area contributed by atoms with Gasteiger partial charge in [-0.25, -0.2) is 24.9 Å². The molecule has 0 radical (unpaired) electrons. The largest absolute Gasteiger partial charge is 0.228 e. The summed E-state index contributed by atoms with van der Waals surface area (Å²) in [5.74, 6) is 2.29. The summed E-state index contributed by atoms with van der Waals surface area (Å²) in [6.07, 6.45) is 0. The van der Waals surface area contributed by atoms with Crippen LogP contribution in [0, 0.1) is 11.3 Å². The van der Waals surface area contributed by atoms with Crippen LogP contribution in [0.5, 0.6) is 0 Å². The van der Waals surface area contributed by atoms with Gasteiger partial charge >= 0.3 is 0 Å². The summed E-state index contributed by atoms with van der Waals surface area (Å²) in [7, 11) is 0. The molecule has 8 aromatic carbocycles. The number of hydrogen-bond donors (Lipinski definition) is 0. The Kier molecular flexibility index (Phi) is 8.09. The molecular formula is C50H30N6. The van der Waals surface area contributed by atoms with Crippen molar-refractivity contribution >= 4 is 43.4 Å². The van der Waals surface area contributed by atoms with Gasteiger partial charge in [0.25, 0.3) is 0 Å². The molecule has 0 aliphatic carbocycles. The molecule has 0 amide bonds. The van der Waals surface area contributed by atoms with Crippen LogP contribution in [0.25, 0.3) is 100 Å². The highest BCUT2D eigenvalue weighted by Crippen LogP contribution is 2.41. The average Bonchev–Trinajstić information content (AvgIpc) is 3.29. The Morgan fingerprint density at radius 1 is 0.304 bits per heavy atom. The van der Waals surface area contributed by atoms with E-state index in [4.69, 9.17) is 24.9 Å². The van der Waals surface area contributed by atoms with Gasteiger partial charge in [-0.1, -0.05) is 158 Å². The molecule has 0 unspecified atom stereocenters. The number of fused-ring (bicyclic) bond motifs is 10. The van der Waals surface area contributed by atoms with Gasteiger partial charge in [0.1, 0.15) is 0 Å². The predicted molar refractivity (Wildman–Crippen MR) is 226 cm³/mol. The number of aromatic nitrogens is 5. The summed E-state index contributed by atoms with van der Waals surface area (Å²) in [5, 5.41) is 16.2. The van der Waals surface area contributed by atoms with Crippen LogP contribution in [0.2, 0.25) is 0 Å². The highest BCUT2D eigenvalue weighted by atomic mass is 15.0. The fraction of sp³-hybridized carbons (Fsp3) is 0. The predicted octanol–water partition coefficient (Wildman–Crippen LogP) is 12.0. The van der Waals surface area contributed by atoms with Crippen molar-refractivity contribution in [1.82, 2.24) is 24.9 Å². The normalized spacial score (nSPS) is 11.2. The first kappa shape index (κ1) is 32.7. The number of rotatable bonds is 5. The lowest BCUT2D eigenvalue weighted by atomic mass is 9.90. The van der Waals surface area contributed by atoms with Crippen molar-refractivity contribution in [2.24, 2.45) is 0 Å². The van der Waals surface area contributed by atoms with Gasteiger partial charge in [-0.3, -0.25) is 0 Å². The molecule has 0 aliphatic heterocycles. The Labute approximate surface area is 322 Å². The Hall–Kier alpha value is -7.88. The number of benzene rings is 7. The van der Waals surface area contributed by atoms with E-state index in [0.29, 0.717) is 28.9 Å². The molecule has 0 saturated heterocycles. The monoisotopic (exact) mass is 714 g/mol. The van der Waals surface area contributed by atoms with Crippen LogP contribution in [0.1, 0.15) is 5.56 Å². The fourth-order valence-corrected chi connectivity index (χ4v) is 7.52. The molecule has 0 N–H and O–H groups in total. The van der Waals surface area contributed by atoms with Crippen LogP contribution in [-0.2, 0) is 0 Å². The van der Waals surface area contributed by atoms with E-state index in [1.807, 2.05) is 127 Å². The summed E-state index contributed by atoms with van der Waals surface area (Å²) in [6.45, 7) is 0. The van der Waals surface area contributed by atoms with Gasteiger partial charge in [-0.15, -0.1) is 0 Å². The van der Waals surface area contributed by atoms with Crippen molar-refractivity contribution in [1.29, 1.82) is 5.26 Å². The topological polar surface area (TPSA) is 88.2 Å². The lowest BCUT2D eigenvalue weighted by Gasteiger charge is -2.16. The summed E-state index contributed by atoms with van der Waals surface area (Å²) < 4.78 is 0. The molecule has 2 aromatic heterocycles. The van der Waals surface area contributed by atoms with Gasteiger partial charge in [0, 0.05) is 38.6 Å². The van der Waals surface area contributed by atoms with Crippen molar-refractivity contribution < 1.29 is 0 Å². The van der Waals surface area contributed by atoms with E-state index in [2.05, 4.69) is 60.7 Å². The molecule has 10 rings (SSSR count). The number of hydrogen-bond acceptors (Lipinski definition) is 6. The minimum Gasteiger partial charge on any atom is -0.228 e. The Morgan fingerprint density at radius 2 is 0.714 bits per heavy atom. The summed E-state index contributed by atoms with van der Waals surface area (Å²) >= 11 is 0. The highest BCUT2D eigenvalue weighted by Gasteiger charge is 2.20. The van der Waals surface area contributed by atoms with Gasteiger partial charge in [-0.05, 0) is 51.4 Å². The maximum Gasteiger partial charge on any atom is 0.164 e. The second-order valence-corrected chi connectivity index (χ2v) is 13.6. The second-order valence-electron chi connectivity index (χ2n) is 13.6. The first-order valence-electron chi connectivity index (χ1n) is 18.4. The zero-order chi connectivity index (χ0) is 37.4. The standard InChI is InChI=1S/C50H30N6/c51-31-35-22-10-11-23-36(35)41-29-44(50-55-48(33-18-6-2-7-19-33)54-49(56-50)34-20-8-3-9-21-34)43-28-42(41)37-24-12-14-26-39(37)45-30-46(40-27-15-13-25-38(40)43)53-47(52-45)32-16-4-1-5-17-32/h1-30H. The van der Waals surface area contributed by atoms with Crippen LogP contribution < -0.4 is 0 Å². The van der Waals surface area contributed by atoms with E-state index in [9.17, 15) is 5.26 Å². The third-order valence-electron chi connectivity index (χ3n) is 10.2. The van der Waals surface area contributed by atoms with E-state index < -0.39 is 0 Å². The summed E-state index contributed by atoms with van der Waals surface area (Å²) in [4.78, 5) is 25.8. The molecule has 0 saturated carbocycles. The lowest BCUT2D eigenvalue weighted by molar-refractivity contribution is 1.08. The lowest BCUT2D eigenvalue weighted by Crippen LogP contribution is -2.01. The maximum atomic E-state index is 10.5. The Balaban J connectivity index is 1.43. The Morgan fingerprint density at radius 3 is 1.23 bits per heavy atom. The van der Waals surface area contributed by atoms with Crippen molar-refractivity contribution in [3.63, 3.8) is 0 Å². The third-order valence-corrected chi connectivity index (χ3v) is 10.2. The molecule has 0 atom stereocenters. The minimum absolute atomic E-state index is 0.517. The van der Waals surface area contributed by atoms with Gasteiger partial charge in [0.15, 0.2) is 23.3 Å². The molecule has 6 heteroatoms. The minimum atomic E-state index is 0.517. The van der Waals surface area contributed by atoms with Crippen LogP contribution in [0.15, 0.2) is 182 Å². The zero-order valence-electron chi connectivity index (χ0n) is 30.0. The molecule has 0 aliphatic rings. The van der Waals surface area contributed by atoms with Crippen molar-refractivity contribution in [2.45, 2.75) is 0 Å². The van der Waals surface area contributed by atoms with E-state index in [1.165, 1.54) is 0 Å². The molecule has 260 valence electrons. The first-order chi connectivity index (χ1) is 27.7. The van der Waals surface area contributed by atoms with Gasteiger partial charge in [0.05, 0.1) is 22.7 Å². The van der Waals surface area contributed by atoms with Crippen molar-refractivity contribution in [3.8, 4) is 62.7 Å². The van der Waals surface area contributed by atoms with E-state index in [0.717, 1.165) is 76.7 Å². The maximum absolute atomic E-state index is 10.5. The van der Waals surface area contributed by atoms with Crippen LogP contribution in [-0.4, -0.2) is 24.9 Å². The van der Waals surface area contributed by atoms with E-state index in [-0.39, 0.29) is 0 Å². The average molecular weight is 715 g/mol. The summed E-state index contributed by atoms with van der Waals surface area (Å²) in [6, 6.07) is 63.5. The zero-order valence-corrected chi connectivity index (χ0v) is 30.0. The van der Waals surface area contributed by atoms with Crippen LogP contribution in [0.4, 0.5) is 0 Å². The van der Waals surface area contributed by atoms with Crippen LogP contribution >= 0.6 is 0 Å². The molecule has 6 nitrogen and oxygen atoms in total. The van der Waals surface area contributed by atoms with Crippen LogP contribution in [0.3, 0.4) is 0 Å². The molecule has 56 heavy (non-hydrogen) atoms. The Bertz CT molecular complexity index is 3140. The van der Waals surface area contributed by atoms with Crippen molar-refractivity contribution in [2.75, 3.05) is 0 Å². The second kappa shape index (κ2) is 13.8. The van der Waals surface area contributed by atoms with Gasteiger partial charge in [0.2, 0.25) is 0 Å². The molecule has 2 heterocycles. The molecule has 0 spiro atoms. The molecule has 10 aromatic rings.